The van der Waals surface area contributed by atoms with E-state index in [0.717, 1.165) is 6.42 Å². The lowest BCUT2D eigenvalue weighted by atomic mass is 10.4. The molecule has 0 aromatic rings. The Morgan fingerprint density at radius 2 is 2.25 bits per heavy atom. The third kappa shape index (κ3) is 4.92. The minimum absolute atomic E-state index is 0.0902. The summed E-state index contributed by atoms with van der Waals surface area (Å²) in [6.45, 7) is 2.93. The minimum atomic E-state index is -0.341. The molecule has 0 rings (SSSR count). The molecule has 0 fully saturated rings. The molecule has 5 heteroatoms. The standard InChI is InChI=1S/C7H16N2O3/c1-6(7(8)9-10)12-5-3-4-11-2/h6,10H,3-5H2,1-2H3,(H2,8,9). The summed E-state index contributed by atoms with van der Waals surface area (Å²) < 4.78 is 10.0. The van der Waals surface area contributed by atoms with Gasteiger partial charge in [0, 0.05) is 20.3 Å². The van der Waals surface area contributed by atoms with E-state index in [1.807, 2.05) is 0 Å². The topological polar surface area (TPSA) is 77.1 Å². The number of hydrogen-bond donors (Lipinski definition) is 2. The van der Waals surface area contributed by atoms with E-state index in [2.05, 4.69) is 5.16 Å². The van der Waals surface area contributed by atoms with Gasteiger partial charge >= 0.3 is 0 Å². The van der Waals surface area contributed by atoms with Gasteiger partial charge in [-0.2, -0.15) is 0 Å². The maximum atomic E-state index is 8.27. The van der Waals surface area contributed by atoms with Crippen LogP contribution in [0.2, 0.25) is 0 Å². The lowest BCUT2D eigenvalue weighted by molar-refractivity contribution is 0.0826. The average molecular weight is 176 g/mol. The van der Waals surface area contributed by atoms with Gasteiger partial charge in [-0.1, -0.05) is 5.16 Å². The largest absolute Gasteiger partial charge is 0.409 e. The summed E-state index contributed by atoms with van der Waals surface area (Å²) in [4.78, 5) is 0. The van der Waals surface area contributed by atoms with E-state index in [-0.39, 0.29) is 11.9 Å². The minimum Gasteiger partial charge on any atom is -0.409 e. The Hall–Kier alpha value is -0.810. The van der Waals surface area contributed by atoms with Gasteiger partial charge in [0.05, 0.1) is 0 Å². The molecule has 0 saturated carbocycles. The zero-order chi connectivity index (χ0) is 9.40. The van der Waals surface area contributed by atoms with E-state index in [0.29, 0.717) is 13.2 Å². The molecule has 72 valence electrons. The first-order valence-corrected chi connectivity index (χ1v) is 3.80. The van der Waals surface area contributed by atoms with Gasteiger partial charge in [0.2, 0.25) is 0 Å². The second-order valence-electron chi connectivity index (χ2n) is 2.38. The molecule has 0 aromatic carbocycles. The number of nitrogens with two attached hydrogens (primary N) is 1. The van der Waals surface area contributed by atoms with Crippen molar-refractivity contribution in [2.24, 2.45) is 10.9 Å². The van der Waals surface area contributed by atoms with Crippen molar-refractivity contribution in [2.75, 3.05) is 20.3 Å². The molecule has 0 bridgehead atoms. The van der Waals surface area contributed by atoms with Crippen LogP contribution in [0.4, 0.5) is 0 Å². The Morgan fingerprint density at radius 3 is 2.75 bits per heavy atom. The predicted molar refractivity (Wildman–Crippen MR) is 45.3 cm³/mol. The monoisotopic (exact) mass is 176 g/mol. The summed E-state index contributed by atoms with van der Waals surface area (Å²) in [5.74, 6) is 0.0902. The maximum absolute atomic E-state index is 8.27. The number of oxime groups is 1. The van der Waals surface area contributed by atoms with E-state index in [4.69, 9.17) is 20.4 Å². The first-order valence-electron chi connectivity index (χ1n) is 3.80. The lowest BCUT2D eigenvalue weighted by Gasteiger charge is -2.10. The Bertz CT molecular complexity index is 139. The molecule has 0 aliphatic rings. The Morgan fingerprint density at radius 1 is 1.58 bits per heavy atom. The molecule has 5 nitrogen and oxygen atoms in total. The number of hydrogen-bond acceptors (Lipinski definition) is 4. The van der Waals surface area contributed by atoms with Gasteiger partial charge in [-0.3, -0.25) is 0 Å². The van der Waals surface area contributed by atoms with Crippen molar-refractivity contribution < 1.29 is 14.7 Å². The Kier molecular flexibility index (Phi) is 6.41. The molecule has 0 heterocycles. The van der Waals surface area contributed by atoms with Crippen molar-refractivity contribution in [1.29, 1.82) is 0 Å². The van der Waals surface area contributed by atoms with Crippen molar-refractivity contribution in [2.45, 2.75) is 19.4 Å². The smallest absolute Gasteiger partial charge is 0.168 e. The number of rotatable bonds is 6. The maximum Gasteiger partial charge on any atom is 0.168 e. The van der Waals surface area contributed by atoms with E-state index in [1.54, 1.807) is 14.0 Å². The fraction of sp³-hybridized carbons (Fsp3) is 0.857. The summed E-state index contributed by atoms with van der Waals surface area (Å²) in [7, 11) is 1.63. The van der Waals surface area contributed by atoms with Crippen LogP contribution < -0.4 is 5.73 Å². The van der Waals surface area contributed by atoms with Crippen LogP contribution in [-0.4, -0.2) is 37.5 Å². The SMILES string of the molecule is COCCCOC(C)C(N)=NO. The van der Waals surface area contributed by atoms with Gasteiger partial charge in [-0.05, 0) is 13.3 Å². The number of nitrogens with zero attached hydrogens (tertiary/aromatic N) is 1. The molecule has 0 amide bonds. The molecule has 0 spiro atoms. The lowest BCUT2D eigenvalue weighted by Crippen LogP contribution is -2.29. The van der Waals surface area contributed by atoms with Crippen molar-refractivity contribution in [3.05, 3.63) is 0 Å². The molecule has 1 atom stereocenters. The van der Waals surface area contributed by atoms with Crippen LogP contribution in [0.5, 0.6) is 0 Å². The molecule has 0 aliphatic heterocycles. The zero-order valence-electron chi connectivity index (χ0n) is 7.49. The van der Waals surface area contributed by atoms with Crippen LogP contribution >= 0.6 is 0 Å². The second kappa shape index (κ2) is 6.87. The quantitative estimate of drug-likeness (QED) is 0.199. The van der Waals surface area contributed by atoms with Crippen molar-refractivity contribution >= 4 is 5.84 Å². The summed E-state index contributed by atoms with van der Waals surface area (Å²) in [6, 6.07) is 0. The second-order valence-corrected chi connectivity index (χ2v) is 2.38. The van der Waals surface area contributed by atoms with E-state index < -0.39 is 0 Å². The first-order chi connectivity index (χ1) is 5.72. The van der Waals surface area contributed by atoms with E-state index in [9.17, 15) is 0 Å². The fourth-order valence-corrected chi connectivity index (χ4v) is 0.630. The Balaban J connectivity index is 3.37. The van der Waals surface area contributed by atoms with Gasteiger partial charge in [0.15, 0.2) is 5.84 Å². The highest BCUT2D eigenvalue weighted by Crippen LogP contribution is 1.92. The van der Waals surface area contributed by atoms with Gasteiger partial charge in [-0.25, -0.2) is 0 Å². The van der Waals surface area contributed by atoms with Gasteiger partial charge in [-0.15, -0.1) is 0 Å². The summed E-state index contributed by atoms with van der Waals surface area (Å²) in [6.07, 6.45) is 0.464. The summed E-state index contributed by atoms with van der Waals surface area (Å²) in [5.41, 5.74) is 5.27. The van der Waals surface area contributed by atoms with Crippen LogP contribution in [0, 0.1) is 0 Å². The van der Waals surface area contributed by atoms with Crippen LogP contribution in [-0.2, 0) is 9.47 Å². The van der Waals surface area contributed by atoms with Crippen molar-refractivity contribution in [3.8, 4) is 0 Å². The van der Waals surface area contributed by atoms with Crippen molar-refractivity contribution in [3.63, 3.8) is 0 Å². The van der Waals surface area contributed by atoms with Gasteiger partial charge in [0.1, 0.15) is 6.10 Å². The molecule has 0 aromatic heterocycles. The van der Waals surface area contributed by atoms with Crippen LogP contribution in [0.15, 0.2) is 5.16 Å². The van der Waals surface area contributed by atoms with Gasteiger partial charge < -0.3 is 20.4 Å². The molecule has 0 saturated heterocycles. The third-order valence-corrected chi connectivity index (χ3v) is 1.39. The molecular formula is C7H16N2O3. The molecule has 12 heavy (non-hydrogen) atoms. The van der Waals surface area contributed by atoms with Crippen LogP contribution in [0.1, 0.15) is 13.3 Å². The Labute approximate surface area is 72.1 Å². The zero-order valence-corrected chi connectivity index (χ0v) is 7.49. The highest BCUT2D eigenvalue weighted by molar-refractivity contribution is 5.83. The van der Waals surface area contributed by atoms with Gasteiger partial charge in [0.25, 0.3) is 0 Å². The molecular weight excluding hydrogens is 160 g/mol. The molecule has 1 unspecified atom stereocenters. The van der Waals surface area contributed by atoms with Crippen molar-refractivity contribution in [1.82, 2.24) is 0 Å². The summed E-state index contributed by atoms with van der Waals surface area (Å²) in [5, 5.41) is 11.1. The average Bonchev–Trinajstić information content (AvgIpc) is 2.10. The first kappa shape index (κ1) is 11.2. The summed E-state index contributed by atoms with van der Waals surface area (Å²) >= 11 is 0. The molecule has 0 radical (unpaired) electrons. The van der Waals surface area contributed by atoms with Crippen LogP contribution in [0.25, 0.3) is 0 Å². The normalized spacial score (nSPS) is 14.7. The van der Waals surface area contributed by atoms with E-state index >= 15 is 0 Å². The van der Waals surface area contributed by atoms with Crippen LogP contribution in [0.3, 0.4) is 0 Å². The number of amidine groups is 1. The number of methoxy groups -OCH3 is 1. The molecule has 3 N–H and O–H groups in total. The third-order valence-electron chi connectivity index (χ3n) is 1.39. The fourth-order valence-electron chi connectivity index (χ4n) is 0.630. The predicted octanol–water partition coefficient (Wildman–Crippen LogP) is 0.174. The highest BCUT2D eigenvalue weighted by atomic mass is 16.5. The van der Waals surface area contributed by atoms with E-state index in [1.165, 1.54) is 0 Å². The molecule has 0 aliphatic carbocycles. The number of ether oxygens (including phenoxy) is 2. The highest BCUT2D eigenvalue weighted by Gasteiger charge is 2.06.